The summed E-state index contributed by atoms with van der Waals surface area (Å²) in [7, 11) is 1.92. The van der Waals surface area contributed by atoms with Gasteiger partial charge >= 0.3 is 0 Å². The van der Waals surface area contributed by atoms with E-state index in [2.05, 4.69) is 57.5 Å². The molecule has 0 spiro atoms. The first-order valence-electron chi connectivity index (χ1n) is 9.68. The van der Waals surface area contributed by atoms with Crippen LogP contribution in [0.5, 0.6) is 0 Å². The van der Waals surface area contributed by atoms with E-state index in [-0.39, 0.29) is 24.0 Å². The first kappa shape index (κ1) is 23.3. The van der Waals surface area contributed by atoms with Gasteiger partial charge in [0.05, 0.1) is 0 Å². The number of halogens is 1. The minimum absolute atomic E-state index is 0. The van der Waals surface area contributed by atoms with E-state index in [0.717, 1.165) is 30.8 Å². The molecule has 2 aliphatic rings. The fourth-order valence-electron chi connectivity index (χ4n) is 3.55. The van der Waals surface area contributed by atoms with Crippen LogP contribution in [-0.2, 0) is 0 Å². The molecule has 2 rings (SSSR count). The summed E-state index contributed by atoms with van der Waals surface area (Å²) in [6.45, 7) is 17.4. The highest BCUT2D eigenvalue weighted by molar-refractivity contribution is 14.0. The Hall–Kier alpha value is 0.270. The highest BCUT2D eigenvalue weighted by Gasteiger charge is 2.22. The lowest BCUT2D eigenvalue weighted by Gasteiger charge is -2.36. The maximum atomic E-state index is 4.52. The zero-order valence-electron chi connectivity index (χ0n) is 16.5. The Kier molecular flexibility index (Phi) is 11.8. The van der Waals surface area contributed by atoms with Crippen LogP contribution < -0.4 is 5.32 Å². The van der Waals surface area contributed by atoms with Gasteiger partial charge in [0.2, 0.25) is 0 Å². The van der Waals surface area contributed by atoms with Gasteiger partial charge in [0.15, 0.2) is 5.96 Å². The number of rotatable bonds is 6. The Morgan fingerprint density at radius 3 is 2.44 bits per heavy atom. The summed E-state index contributed by atoms with van der Waals surface area (Å²) in [5, 5.41) is 4.38. The number of nitrogens with one attached hydrogen (secondary N) is 1. The normalized spacial score (nSPS) is 24.7. The van der Waals surface area contributed by atoms with Gasteiger partial charge in [-0.25, -0.2) is 0 Å². The highest BCUT2D eigenvalue weighted by atomic mass is 127. The first-order chi connectivity index (χ1) is 11.7. The van der Waals surface area contributed by atoms with Crippen molar-refractivity contribution < 1.29 is 0 Å². The molecule has 2 heterocycles. The third-order valence-corrected chi connectivity index (χ3v) is 6.57. The van der Waals surface area contributed by atoms with Crippen LogP contribution in [0.15, 0.2) is 4.99 Å². The molecule has 0 aliphatic carbocycles. The van der Waals surface area contributed by atoms with Crippen molar-refractivity contribution >= 4 is 41.7 Å². The molecular formula is C18H38IN5S. The summed E-state index contributed by atoms with van der Waals surface area (Å²) in [5.74, 6) is 2.96. The summed E-state index contributed by atoms with van der Waals surface area (Å²) in [4.78, 5) is 12.1. The van der Waals surface area contributed by atoms with E-state index in [4.69, 9.17) is 0 Å². The zero-order valence-corrected chi connectivity index (χ0v) is 19.7. The highest BCUT2D eigenvalue weighted by Crippen LogP contribution is 2.21. The fraction of sp³-hybridized carbons (Fsp3) is 0.944. The molecule has 25 heavy (non-hydrogen) atoms. The molecule has 5 nitrogen and oxygen atoms in total. The molecule has 148 valence electrons. The van der Waals surface area contributed by atoms with Crippen molar-refractivity contribution in [3.05, 3.63) is 0 Å². The van der Waals surface area contributed by atoms with Gasteiger partial charge < -0.3 is 20.0 Å². The smallest absolute Gasteiger partial charge is 0.193 e. The number of piperazine rings is 1. The molecule has 7 heteroatoms. The second-order valence-electron chi connectivity index (χ2n) is 7.12. The number of likely N-dealkylation sites (N-methyl/N-ethyl adjacent to an activating group) is 1. The lowest BCUT2D eigenvalue weighted by atomic mass is 10.1. The van der Waals surface area contributed by atoms with Gasteiger partial charge in [0.1, 0.15) is 0 Å². The maximum Gasteiger partial charge on any atom is 0.193 e. The third kappa shape index (κ3) is 7.81. The summed E-state index contributed by atoms with van der Waals surface area (Å²) in [5.41, 5.74) is 0. The largest absolute Gasteiger partial charge is 0.356 e. The average molecular weight is 484 g/mol. The van der Waals surface area contributed by atoms with Gasteiger partial charge in [-0.05, 0) is 18.9 Å². The van der Waals surface area contributed by atoms with Crippen LogP contribution in [-0.4, -0.2) is 97.6 Å². The molecule has 2 aliphatic heterocycles. The molecule has 1 N–H and O–H groups in total. The van der Waals surface area contributed by atoms with Crippen LogP contribution in [0.2, 0.25) is 0 Å². The van der Waals surface area contributed by atoms with E-state index in [9.17, 15) is 0 Å². The summed E-state index contributed by atoms with van der Waals surface area (Å²) >= 11 is 2.11. The van der Waals surface area contributed by atoms with E-state index >= 15 is 0 Å². The van der Waals surface area contributed by atoms with Gasteiger partial charge in [-0.2, -0.15) is 11.8 Å². The monoisotopic (exact) mass is 483 g/mol. The van der Waals surface area contributed by atoms with E-state index in [1.165, 1.54) is 51.4 Å². The lowest BCUT2D eigenvalue weighted by molar-refractivity contribution is 0.124. The molecule has 0 radical (unpaired) electrons. The first-order valence-corrected chi connectivity index (χ1v) is 10.7. The van der Waals surface area contributed by atoms with Crippen molar-refractivity contribution in [1.29, 1.82) is 0 Å². The molecule has 2 saturated heterocycles. The van der Waals surface area contributed by atoms with Crippen molar-refractivity contribution in [3.63, 3.8) is 0 Å². The molecule has 0 saturated carbocycles. The van der Waals surface area contributed by atoms with E-state index in [0.29, 0.717) is 5.92 Å². The Morgan fingerprint density at radius 2 is 1.84 bits per heavy atom. The molecule has 0 bridgehead atoms. The van der Waals surface area contributed by atoms with Crippen LogP contribution in [0.25, 0.3) is 0 Å². The SMILES string of the molecule is CCC1CN(C(=NC)NCC(C)CN2CCN(CC)CC2)CCS1.I. The summed E-state index contributed by atoms with van der Waals surface area (Å²) < 4.78 is 0. The van der Waals surface area contributed by atoms with Crippen molar-refractivity contribution in [1.82, 2.24) is 20.0 Å². The van der Waals surface area contributed by atoms with Crippen LogP contribution in [0.3, 0.4) is 0 Å². The van der Waals surface area contributed by atoms with Crippen LogP contribution in [0, 0.1) is 5.92 Å². The van der Waals surface area contributed by atoms with E-state index in [1.807, 2.05) is 7.05 Å². The Bertz CT molecular complexity index is 388. The number of thioether (sulfide) groups is 1. The molecule has 0 aromatic carbocycles. The summed E-state index contributed by atoms with van der Waals surface area (Å²) in [6.07, 6.45) is 1.25. The lowest BCUT2D eigenvalue weighted by Crippen LogP contribution is -2.50. The molecular weight excluding hydrogens is 445 g/mol. The van der Waals surface area contributed by atoms with Gasteiger partial charge in [-0.3, -0.25) is 4.99 Å². The Morgan fingerprint density at radius 1 is 1.16 bits per heavy atom. The van der Waals surface area contributed by atoms with Gasteiger partial charge in [-0.15, -0.1) is 24.0 Å². The molecule has 0 aromatic rings. The topological polar surface area (TPSA) is 34.1 Å². The van der Waals surface area contributed by atoms with Crippen molar-refractivity contribution in [3.8, 4) is 0 Å². The Labute approximate surface area is 176 Å². The van der Waals surface area contributed by atoms with Gasteiger partial charge in [0.25, 0.3) is 0 Å². The number of hydrogen-bond acceptors (Lipinski definition) is 4. The quantitative estimate of drug-likeness (QED) is 0.356. The Balaban J connectivity index is 0.00000312. The molecule has 0 amide bonds. The summed E-state index contributed by atoms with van der Waals surface area (Å²) in [6, 6.07) is 0. The van der Waals surface area contributed by atoms with Crippen molar-refractivity contribution in [2.24, 2.45) is 10.9 Å². The fourth-order valence-corrected chi connectivity index (χ4v) is 4.73. The second kappa shape index (κ2) is 12.6. The number of hydrogen-bond donors (Lipinski definition) is 1. The maximum absolute atomic E-state index is 4.52. The third-order valence-electron chi connectivity index (χ3n) is 5.20. The molecule has 2 fully saturated rings. The van der Waals surface area contributed by atoms with Gasteiger partial charge in [0, 0.05) is 70.4 Å². The van der Waals surface area contributed by atoms with Crippen LogP contribution in [0.1, 0.15) is 27.2 Å². The number of nitrogens with zero attached hydrogens (tertiary/aromatic N) is 4. The predicted molar refractivity (Wildman–Crippen MR) is 123 cm³/mol. The molecule has 2 unspecified atom stereocenters. The predicted octanol–water partition coefficient (Wildman–Crippen LogP) is 2.28. The standard InChI is InChI=1S/C18H37N5S.HI/c1-5-17-15-23(11-12-24-17)18(19-4)20-13-16(3)14-22-9-7-21(6-2)8-10-22;/h16-17H,5-15H2,1-4H3,(H,19,20);1H. The zero-order chi connectivity index (χ0) is 17.4. The second-order valence-corrected chi connectivity index (χ2v) is 8.52. The molecule has 0 aromatic heterocycles. The average Bonchev–Trinajstić information content (AvgIpc) is 2.63. The minimum Gasteiger partial charge on any atom is -0.356 e. The molecule has 2 atom stereocenters. The van der Waals surface area contributed by atoms with Crippen molar-refractivity contribution in [2.75, 3.05) is 71.7 Å². The minimum atomic E-state index is 0. The number of guanidine groups is 1. The van der Waals surface area contributed by atoms with Crippen LogP contribution in [0.4, 0.5) is 0 Å². The van der Waals surface area contributed by atoms with Crippen molar-refractivity contribution in [2.45, 2.75) is 32.4 Å². The van der Waals surface area contributed by atoms with Crippen LogP contribution >= 0.6 is 35.7 Å². The van der Waals surface area contributed by atoms with Gasteiger partial charge in [-0.1, -0.05) is 20.8 Å². The van der Waals surface area contributed by atoms with E-state index in [1.54, 1.807) is 0 Å². The number of aliphatic imine (C=N–C) groups is 1. The van der Waals surface area contributed by atoms with E-state index < -0.39 is 0 Å².